The molecule has 1 heterocycles. The third kappa shape index (κ3) is 3.80. The maximum absolute atomic E-state index is 5.89. The normalized spacial score (nSPS) is 10.8. The van der Waals surface area contributed by atoms with Crippen molar-refractivity contribution >= 4 is 32.4 Å². The molecule has 3 aromatic carbocycles. The lowest BCUT2D eigenvalue weighted by atomic mass is 10.2. The third-order valence-electron chi connectivity index (χ3n) is 3.88. The molecule has 0 fully saturated rings. The van der Waals surface area contributed by atoms with Crippen molar-refractivity contribution in [2.24, 2.45) is 0 Å². The summed E-state index contributed by atoms with van der Waals surface area (Å²) in [5, 5.41) is 4.27. The van der Waals surface area contributed by atoms with Crippen LogP contribution in [0, 0.1) is 6.92 Å². The van der Waals surface area contributed by atoms with Crippen molar-refractivity contribution in [1.82, 2.24) is 4.98 Å². The highest BCUT2D eigenvalue weighted by Gasteiger charge is 2.05. The minimum atomic E-state index is 0.560. The fraction of sp³-hybridized carbons (Fsp3) is 0.0952. The Labute approximate surface area is 150 Å². The fourth-order valence-corrected chi connectivity index (χ4v) is 3.60. The minimum Gasteiger partial charge on any atom is -0.489 e. The highest BCUT2D eigenvalue weighted by atomic mass is 32.1. The zero-order valence-electron chi connectivity index (χ0n) is 13.9. The molecule has 0 saturated heterocycles. The molecule has 4 rings (SSSR count). The highest BCUT2D eigenvalue weighted by molar-refractivity contribution is 7.22. The second-order valence-corrected chi connectivity index (χ2v) is 6.95. The number of aryl methyl sites for hydroxylation is 1. The molecule has 124 valence electrons. The number of ether oxygens (including phenoxy) is 1. The fourth-order valence-electron chi connectivity index (χ4n) is 2.61. The van der Waals surface area contributed by atoms with E-state index in [2.05, 4.69) is 47.6 Å². The van der Waals surface area contributed by atoms with Crippen molar-refractivity contribution < 1.29 is 4.74 Å². The van der Waals surface area contributed by atoms with Crippen LogP contribution in [0.25, 0.3) is 10.2 Å². The average molecular weight is 346 g/mol. The van der Waals surface area contributed by atoms with Gasteiger partial charge in [-0.15, -0.1) is 0 Å². The molecule has 4 heteroatoms. The van der Waals surface area contributed by atoms with Gasteiger partial charge in [-0.05, 0) is 42.3 Å². The van der Waals surface area contributed by atoms with Crippen LogP contribution >= 0.6 is 11.3 Å². The Morgan fingerprint density at radius 3 is 2.72 bits per heavy atom. The molecule has 1 aromatic heterocycles. The van der Waals surface area contributed by atoms with Gasteiger partial charge in [-0.25, -0.2) is 4.98 Å². The van der Waals surface area contributed by atoms with E-state index in [0.29, 0.717) is 6.61 Å². The van der Waals surface area contributed by atoms with E-state index >= 15 is 0 Å². The highest BCUT2D eigenvalue weighted by Crippen LogP contribution is 2.30. The predicted molar refractivity (Wildman–Crippen MR) is 105 cm³/mol. The van der Waals surface area contributed by atoms with Crippen LogP contribution in [0.2, 0.25) is 0 Å². The van der Waals surface area contributed by atoms with Crippen LogP contribution in [0.1, 0.15) is 11.1 Å². The zero-order chi connectivity index (χ0) is 17.1. The number of aromatic nitrogens is 1. The SMILES string of the molecule is Cc1ccc2nc(Nc3cccc(OCc4ccccc4)c3)sc2c1. The minimum absolute atomic E-state index is 0.560. The lowest BCUT2D eigenvalue weighted by Gasteiger charge is -2.08. The first-order valence-electron chi connectivity index (χ1n) is 8.17. The molecule has 0 aliphatic heterocycles. The summed E-state index contributed by atoms with van der Waals surface area (Å²) in [4.78, 5) is 4.64. The maximum atomic E-state index is 5.89. The molecule has 0 aliphatic rings. The summed E-state index contributed by atoms with van der Waals surface area (Å²) in [6.45, 7) is 2.66. The van der Waals surface area contributed by atoms with Gasteiger partial charge in [-0.3, -0.25) is 0 Å². The van der Waals surface area contributed by atoms with E-state index in [0.717, 1.165) is 27.6 Å². The number of fused-ring (bicyclic) bond motifs is 1. The van der Waals surface area contributed by atoms with Crippen LogP contribution in [-0.2, 0) is 6.61 Å². The summed E-state index contributed by atoms with van der Waals surface area (Å²) in [5.41, 5.74) is 4.40. The van der Waals surface area contributed by atoms with E-state index in [1.165, 1.54) is 10.3 Å². The van der Waals surface area contributed by atoms with Crippen LogP contribution in [0.4, 0.5) is 10.8 Å². The predicted octanol–water partition coefficient (Wildman–Crippen LogP) is 5.93. The molecule has 25 heavy (non-hydrogen) atoms. The molecule has 0 radical (unpaired) electrons. The Kier molecular flexibility index (Phi) is 4.36. The lowest BCUT2D eigenvalue weighted by Crippen LogP contribution is -1.96. The van der Waals surface area contributed by atoms with Gasteiger partial charge in [0.15, 0.2) is 5.13 Å². The van der Waals surface area contributed by atoms with Crippen LogP contribution in [-0.4, -0.2) is 4.98 Å². The van der Waals surface area contributed by atoms with Crippen molar-refractivity contribution in [1.29, 1.82) is 0 Å². The summed E-state index contributed by atoms with van der Waals surface area (Å²) in [6, 6.07) is 24.5. The molecular formula is C21H18N2OS. The van der Waals surface area contributed by atoms with Gasteiger partial charge in [0.25, 0.3) is 0 Å². The van der Waals surface area contributed by atoms with Crippen LogP contribution in [0.5, 0.6) is 5.75 Å². The summed E-state index contributed by atoms with van der Waals surface area (Å²) in [5.74, 6) is 0.839. The second-order valence-electron chi connectivity index (χ2n) is 5.92. The molecular weight excluding hydrogens is 328 g/mol. The molecule has 4 aromatic rings. The van der Waals surface area contributed by atoms with E-state index in [1.807, 2.05) is 42.5 Å². The van der Waals surface area contributed by atoms with Gasteiger partial charge in [0.1, 0.15) is 12.4 Å². The lowest BCUT2D eigenvalue weighted by molar-refractivity contribution is 0.306. The number of hydrogen-bond acceptors (Lipinski definition) is 4. The number of hydrogen-bond donors (Lipinski definition) is 1. The Bertz CT molecular complexity index is 995. The van der Waals surface area contributed by atoms with E-state index < -0.39 is 0 Å². The molecule has 3 nitrogen and oxygen atoms in total. The quantitative estimate of drug-likeness (QED) is 0.486. The van der Waals surface area contributed by atoms with Gasteiger partial charge in [0.2, 0.25) is 0 Å². The summed E-state index contributed by atoms with van der Waals surface area (Å²) >= 11 is 1.66. The average Bonchev–Trinajstić information content (AvgIpc) is 3.02. The van der Waals surface area contributed by atoms with Crippen molar-refractivity contribution in [3.05, 3.63) is 83.9 Å². The number of rotatable bonds is 5. The molecule has 0 saturated carbocycles. The van der Waals surface area contributed by atoms with Crippen molar-refractivity contribution in [3.63, 3.8) is 0 Å². The van der Waals surface area contributed by atoms with Gasteiger partial charge in [-0.2, -0.15) is 0 Å². The van der Waals surface area contributed by atoms with Crippen LogP contribution < -0.4 is 10.1 Å². The number of anilines is 2. The first-order valence-corrected chi connectivity index (χ1v) is 8.99. The molecule has 0 spiro atoms. The topological polar surface area (TPSA) is 34.2 Å². The Hall–Kier alpha value is -2.85. The molecule has 0 amide bonds. The van der Waals surface area contributed by atoms with Gasteiger partial charge in [0.05, 0.1) is 10.2 Å². The first kappa shape index (κ1) is 15.7. The number of nitrogens with zero attached hydrogens (tertiary/aromatic N) is 1. The smallest absolute Gasteiger partial charge is 0.188 e. The molecule has 0 atom stereocenters. The van der Waals surface area contributed by atoms with Gasteiger partial charge >= 0.3 is 0 Å². The number of benzene rings is 3. The van der Waals surface area contributed by atoms with Crippen molar-refractivity contribution in [2.75, 3.05) is 5.32 Å². The van der Waals surface area contributed by atoms with E-state index in [1.54, 1.807) is 11.3 Å². The summed E-state index contributed by atoms with van der Waals surface area (Å²) in [6.07, 6.45) is 0. The second kappa shape index (κ2) is 6.95. The number of thiazole rings is 1. The molecule has 1 N–H and O–H groups in total. The van der Waals surface area contributed by atoms with Gasteiger partial charge in [0, 0.05) is 11.8 Å². The summed E-state index contributed by atoms with van der Waals surface area (Å²) < 4.78 is 7.08. The summed E-state index contributed by atoms with van der Waals surface area (Å²) in [7, 11) is 0. The largest absolute Gasteiger partial charge is 0.489 e. The van der Waals surface area contributed by atoms with Gasteiger partial charge < -0.3 is 10.1 Å². The molecule has 0 aliphatic carbocycles. The number of nitrogens with one attached hydrogen (secondary N) is 1. The van der Waals surface area contributed by atoms with E-state index in [4.69, 9.17) is 4.74 Å². The van der Waals surface area contributed by atoms with Crippen LogP contribution in [0.15, 0.2) is 72.8 Å². The monoisotopic (exact) mass is 346 g/mol. The third-order valence-corrected chi connectivity index (χ3v) is 4.81. The molecule has 0 unspecified atom stereocenters. The maximum Gasteiger partial charge on any atom is 0.188 e. The Balaban J connectivity index is 1.48. The van der Waals surface area contributed by atoms with Crippen molar-refractivity contribution in [2.45, 2.75) is 13.5 Å². The first-order chi connectivity index (χ1) is 12.3. The van der Waals surface area contributed by atoms with Crippen LogP contribution in [0.3, 0.4) is 0 Å². The van der Waals surface area contributed by atoms with Gasteiger partial charge in [-0.1, -0.05) is 53.8 Å². The Morgan fingerprint density at radius 1 is 0.960 bits per heavy atom. The van der Waals surface area contributed by atoms with E-state index in [-0.39, 0.29) is 0 Å². The Morgan fingerprint density at radius 2 is 1.84 bits per heavy atom. The van der Waals surface area contributed by atoms with E-state index in [9.17, 15) is 0 Å². The standard InChI is InChI=1S/C21H18N2OS/c1-15-10-11-19-20(12-15)25-21(23-19)22-17-8-5-9-18(13-17)24-14-16-6-3-2-4-7-16/h2-13H,14H2,1H3,(H,22,23). The van der Waals surface area contributed by atoms with Crippen molar-refractivity contribution in [3.8, 4) is 5.75 Å². The zero-order valence-corrected chi connectivity index (χ0v) is 14.7. The molecule has 0 bridgehead atoms.